The van der Waals surface area contributed by atoms with Gasteiger partial charge in [-0.2, -0.15) is 13.2 Å². The van der Waals surface area contributed by atoms with Crippen LogP contribution in [0.15, 0.2) is 59.8 Å². The molecule has 0 aliphatic carbocycles. The van der Waals surface area contributed by atoms with Gasteiger partial charge in [-0.3, -0.25) is 4.72 Å². The minimum atomic E-state index is -4.71. The molecular weight excluding hydrogens is 459 g/mol. The molecule has 3 aromatic rings. The van der Waals surface area contributed by atoms with E-state index in [2.05, 4.69) is 14.7 Å². The van der Waals surface area contributed by atoms with Crippen LogP contribution in [0.1, 0.15) is 5.56 Å². The Kier molecular flexibility index (Phi) is 6.68. The number of aliphatic hydroxyl groups is 1. The number of benzene rings is 2. The predicted molar refractivity (Wildman–Crippen MR) is 107 cm³/mol. The molecule has 0 radical (unpaired) electrons. The van der Waals surface area contributed by atoms with Gasteiger partial charge in [0.05, 0.1) is 22.6 Å². The second-order valence-corrected chi connectivity index (χ2v) is 8.23. The van der Waals surface area contributed by atoms with Crippen molar-refractivity contribution >= 4 is 27.4 Å². The third-order valence-electron chi connectivity index (χ3n) is 3.98. The van der Waals surface area contributed by atoms with E-state index in [1.165, 1.54) is 0 Å². The van der Waals surface area contributed by atoms with Crippen LogP contribution in [0.25, 0.3) is 11.1 Å². The van der Waals surface area contributed by atoms with Crippen molar-refractivity contribution in [2.75, 3.05) is 17.9 Å². The van der Waals surface area contributed by atoms with E-state index in [1.807, 2.05) is 0 Å². The van der Waals surface area contributed by atoms with Gasteiger partial charge in [0.15, 0.2) is 5.82 Å². The zero-order chi connectivity index (χ0) is 22.6. The first-order valence-corrected chi connectivity index (χ1v) is 10.5. The molecule has 0 spiro atoms. The second kappa shape index (κ2) is 9.08. The van der Waals surface area contributed by atoms with Gasteiger partial charge >= 0.3 is 6.18 Å². The van der Waals surface area contributed by atoms with Crippen molar-refractivity contribution in [3.8, 4) is 17.0 Å². The van der Waals surface area contributed by atoms with Gasteiger partial charge in [0, 0.05) is 5.02 Å². The SMILES string of the molecule is O=S(=O)(Nc1ncnc(OCCO)c1-c1ccc(Cl)cc1)c1cccc(C(F)(F)F)c1. The smallest absolute Gasteiger partial charge is 0.416 e. The van der Waals surface area contributed by atoms with E-state index in [4.69, 9.17) is 21.4 Å². The molecule has 0 fully saturated rings. The number of rotatable bonds is 7. The lowest BCUT2D eigenvalue weighted by atomic mass is 10.1. The van der Waals surface area contributed by atoms with E-state index < -0.39 is 26.7 Å². The Morgan fingerprint density at radius 2 is 1.81 bits per heavy atom. The molecule has 0 atom stereocenters. The summed E-state index contributed by atoms with van der Waals surface area (Å²) in [4.78, 5) is 7.30. The quantitative estimate of drug-likeness (QED) is 0.538. The molecule has 1 aromatic heterocycles. The average Bonchev–Trinajstić information content (AvgIpc) is 2.72. The van der Waals surface area contributed by atoms with E-state index in [-0.39, 0.29) is 30.5 Å². The van der Waals surface area contributed by atoms with Crippen molar-refractivity contribution in [3.63, 3.8) is 0 Å². The molecule has 0 aliphatic rings. The minimum absolute atomic E-state index is 0.0342. The first-order valence-electron chi connectivity index (χ1n) is 8.66. The van der Waals surface area contributed by atoms with Crippen molar-refractivity contribution in [1.29, 1.82) is 0 Å². The molecule has 31 heavy (non-hydrogen) atoms. The lowest BCUT2D eigenvalue weighted by Gasteiger charge is -2.16. The number of nitrogens with zero attached hydrogens (tertiary/aromatic N) is 2. The maximum Gasteiger partial charge on any atom is 0.416 e. The Balaban J connectivity index is 2.07. The molecule has 3 rings (SSSR count). The van der Waals surface area contributed by atoms with Crippen LogP contribution in [-0.2, 0) is 16.2 Å². The molecule has 0 amide bonds. The van der Waals surface area contributed by atoms with Crippen molar-refractivity contribution in [3.05, 3.63) is 65.4 Å². The predicted octanol–water partition coefficient (Wildman–Crippen LogP) is 3.99. The molecule has 2 N–H and O–H groups in total. The Hall–Kier alpha value is -2.89. The number of sulfonamides is 1. The van der Waals surface area contributed by atoms with Crippen LogP contribution in [0.3, 0.4) is 0 Å². The highest BCUT2D eigenvalue weighted by atomic mass is 35.5. The summed E-state index contributed by atoms with van der Waals surface area (Å²) in [5.74, 6) is -0.254. The van der Waals surface area contributed by atoms with Crippen LogP contribution >= 0.6 is 11.6 Å². The van der Waals surface area contributed by atoms with Gasteiger partial charge in [-0.25, -0.2) is 18.4 Å². The van der Waals surface area contributed by atoms with Crippen LogP contribution in [0.4, 0.5) is 19.0 Å². The van der Waals surface area contributed by atoms with Crippen molar-refractivity contribution in [1.82, 2.24) is 9.97 Å². The molecule has 0 saturated heterocycles. The van der Waals surface area contributed by atoms with Crippen molar-refractivity contribution < 1.29 is 31.4 Å². The Morgan fingerprint density at radius 1 is 1.10 bits per heavy atom. The van der Waals surface area contributed by atoms with Crippen LogP contribution in [0.5, 0.6) is 5.88 Å². The second-order valence-electron chi connectivity index (χ2n) is 6.11. The molecule has 2 aromatic carbocycles. The number of alkyl halides is 3. The van der Waals surface area contributed by atoms with E-state index in [9.17, 15) is 21.6 Å². The summed E-state index contributed by atoms with van der Waals surface area (Å²) in [5, 5.41) is 9.45. The van der Waals surface area contributed by atoms with Crippen molar-refractivity contribution in [2.45, 2.75) is 11.1 Å². The molecule has 164 valence electrons. The van der Waals surface area contributed by atoms with Gasteiger partial charge in [0.2, 0.25) is 5.88 Å². The van der Waals surface area contributed by atoms with E-state index >= 15 is 0 Å². The maximum atomic E-state index is 13.0. The first kappa shape index (κ1) is 22.8. The molecule has 0 aliphatic heterocycles. The minimum Gasteiger partial charge on any atom is -0.475 e. The summed E-state index contributed by atoms with van der Waals surface area (Å²) in [6, 6.07) is 9.54. The fraction of sp³-hybridized carbons (Fsp3) is 0.158. The number of hydrogen-bond acceptors (Lipinski definition) is 6. The largest absolute Gasteiger partial charge is 0.475 e. The van der Waals surface area contributed by atoms with Gasteiger partial charge in [-0.1, -0.05) is 29.8 Å². The lowest BCUT2D eigenvalue weighted by Crippen LogP contribution is -2.17. The Bertz CT molecular complexity index is 1170. The molecule has 0 bridgehead atoms. The normalized spacial score (nSPS) is 11.9. The molecule has 7 nitrogen and oxygen atoms in total. The van der Waals surface area contributed by atoms with Gasteiger partial charge < -0.3 is 9.84 Å². The Labute approximate surface area is 180 Å². The van der Waals surface area contributed by atoms with Crippen LogP contribution < -0.4 is 9.46 Å². The zero-order valence-corrected chi connectivity index (χ0v) is 17.2. The number of aliphatic hydroxyl groups excluding tert-OH is 1. The number of anilines is 1. The van der Waals surface area contributed by atoms with Crippen LogP contribution in [-0.4, -0.2) is 36.7 Å². The maximum absolute atomic E-state index is 13.0. The summed E-state index contributed by atoms with van der Waals surface area (Å²) in [5.41, 5.74) is -0.550. The molecular formula is C19H15ClF3N3O4S. The molecule has 12 heteroatoms. The fourth-order valence-electron chi connectivity index (χ4n) is 2.60. The highest BCUT2D eigenvalue weighted by Crippen LogP contribution is 2.36. The zero-order valence-electron chi connectivity index (χ0n) is 15.6. The van der Waals surface area contributed by atoms with Gasteiger partial charge in [0.25, 0.3) is 10.0 Å². The third kappa shape index (κ3) is 5.43. The van der Waals surface area contributed by atoms with Gasteiger partial charge in [-0.05, 0) is 35.9 Å². The highest BCUT2D eigenvalue weighted by Gasteiger charge is 2.32. The Morgan fingerprint density at radius 3 is 2.45 bits per heavy atom. The van der Waals surface area contributed by atoms with E-state index in [1.54, 1.807) is 24.3 Å². The third-order valence-corrected chi connectivity index (χ3v) is 5.57. The monoisotopic (exact) mass is 473 g/mol. The molecule has 0 saturated carbocycles. The van der Waals surface area contributed by atoms with Crippen molar-refractivity contribution in [2.24, 2.45) is 0 Å². The number of nitrogens with one attached hydrogen (secondary N) is 1. The number of ether oxygens (including phenoxy) is 1. The standard InChI is InChI=1S/C19H15ClF3N3O4S/c20-14-6-4-12(5-7-14)16-17(24-11-25-18(16)30-9-8-27)26-31(28,29)15-3-1-2-13(10-15)19(21,22)23/h1-7,10-11,27H,8-9H2,(H,24,25,26). The van der Waals surface area contributed by atoms with Gasteiger partial charge in [0.1, 0.15) is 12.9 Å². The summed E-state index contributed by atoms with van der Waals surface area (Å²) >= 11 is 5.90. The highest BCUT2D eigenvalue weighted by molar-refractivity contribution is 7.92. The molecule has 0 unspecified atom stereocenters. The summed E-state index contributed by atoms with van der Waals surface area (Å²) in [7, 11) is -4.44. The molecule has 1 heterocycles. The van der Waals surface area contributed by atoms with Crippen LogP contribution in [0.2, 0.25) is 5.02 Å². The van der Waals surface area contributed by atoms with E-state index in [0.717, 1.165) is 24.5 Å². The number of hydrogen-bond donors (Lipinski definition) is 2. The average molecular weight is 474 g/mol. The summed E-state index contributed by atoms with van der Waals surface area (Å²) in [6.45, 7) is -0.452. The van der Waals surface area contributed by atoms with Crippen LogP contribution in [0, 0.1) is 0 Å². The number of halogens is 4. The summed E-state index contributed by atoms with van der Waals surface area (Å²) in [6.07, 6.45) is -3.68. The fourth-order valence-corrected chi connectivity index (χ4v) is 3.79. The topological polar surface area (TPSA) is 101 Å². The number of aromatic nitrogens is 2. The van der Waals surface area contributed by atoms with Gasteiger partial charge in [-0.15, -0.1) is 0 Å². The first-order chi connectivity index (χ1) is 14.6. The lowest BCUT2D eigenvalue weighted by molar-refractivity contribution is -0.137. The summed E-state index contributed by atoms with van der Waals surface area (Å²) < 4.78 is 72.1. The van der Waals surface area contributed by atoms with E-state index in [0.29, 0.717) is 16.7 Å².